The number of hydrogen-bond acceptors (Lipinski definition) is 6. The van der Waals surface area contributed by atoms with Crippen LogP contribution >= 0.6 is 0 Å². The van der Waals surface area contributed by atoms with E-state index in [4.69, 9.17) is 4.74 Å². The average Bonchev–Trinajstić information content (AvgIpc) is 2.76. The van der Waals surface area contributed by atoms with Gasteiger partial charge in [-0.3, -0.25) is 9.69 Å². The Hall–Kier alpha value is -2.62. The van der Waals surface area contributed by atoms with Gasteiger partial charge < -0.3 is 15.0 Å². The van der Waals surface area contributed by atoms with Gasteiger partial charge in [0.05, 0.1) is 23.7 Å². The predicted octanol–water partition coefficient (Wildman–Crippen LogP) is 2.40. The fourth-order valence-corrected chi connectivity index (χ4v) is 4.57. The summed E-state index contributed by atoms with van der Waals surface area (Å²) in [5.74, 6) is 0.722. The second-order valence-corrected chi connectivity index (χ2v) is 10.1. The van der Waals surface area contributed by atoms with E-state index in [9.17, 15) is 13.2 Å². The van der Waals surface area contributed by atoms with E-state index in [0.717, 1.165) is 47.5 Å². The molecule has 3 rings (SSSR count). The van der Waals surface area contributed by atoms with Gasteiger partial charge in [-0.05, 0) is 43.7 Å². The van der Waals surface area contributed by atoms with Gasteiger partial charge in [-0.1, -0.05) is 18.2 Å². The van der Waals surface area contributed by atoms with Crippen LogP contribution in [0.25, 0.3) is 0 Å². The molecule has 1 heterocycles. The Labute approximate surface area is 190 Å². The molecule has 0 bridgehead atoms. The predicted molar refractivity (Wildman–Crippen MR) is 127 cm³/mol. The lowest BCUT2D eigenvalue weighted by Gasteiger charge is -2.36. The molecule has 1 aliphatic heterocycles. The van der Waals surface area contributed by atoms with Gasteiger partial charge in [0.15, 0.2) is 0 Å². The highest BCUT2D eigenvalue weighted by Crippen LogP contribution is 2.29. The minimum Gasteiger partial charge on any atom is -0.492 e. The van der Waals surface area contributed by atoms with Gasteiger partial charge in [0, 0.05) is 46.0 Å². The highest BCUT2D eigenvalue weighted by molar-refractivity contribution is 7.89. The fraction of sp³-hybridized carbons (Fsp3) is 0.435. The van der Waals surface area contributed by atoms with Crippen molar-refractivity contribution in [1.29, 1.82) is 0 Å². The monoisotopic (exact) mass is 460 g/mol. The highest BCUT2D eigenvalue weighted by atomic mass is 32.2. The summed E-state index contributed by atoms with van der Waals surface area (Å²) in [5, 5.41) is 2.88. The maximum atomic E-state index is 12.7. The zero-order valence-corrected chi connectivity index (χ0v) is 20.0. The average molecular weight is 461 g/mol. The number of rotatable bonds is 8. The molecule has 0 aliphatic carbocycles. The zero-order chi connectivity index (χ0) is 23.3. The number of para-hydroxylation sites is 2. The van der Waals surface area contributed by atoms with Crippen molar-refractivity contribution in [2.75, 3.05) is 63.6 Å². The third-order valence-corrected chi connectivity index (χ3v) is 7.32. The molecule has 32 heavy (non-hydrogen) atoms. The first-order valence-corrected chi connectivity index (χ1v) is 12.2. The van der Waals surface area contributed by atoms with Crippen LogP contribution in [0.4, 0.5) is 11.4 Å². The van der Waals surface area contributed by atoms with Gasteiger partial charge in [0.25, 0.3) is 0 Å². The number of sulfonamides is 1. The van der Waals surface area contributed by atoms with Crippen molar-refractivity contribution in [2.45, 2.75) is 18.7 Å². The van der Waals surface area contributed by atoms with Crippen molar-refractivity contribution in [3.05, 3.63) is 48.0 Å². The number of nitrogens with one attached hydrogen (secondary N) is 1. The SMILES string of the molecule is CCOc1ccccc1N1CCN(CC(=O)Nc2cc(S(=O)(=O)N(C)C)ccc2C)CC1. The molecule has 9 heteroatoms. The summed E-state index contributed by atoms with van der Waals surface area (Å²) in [7, 11) is -0.592. The maximum absolute atomic E-state index is 12.7. The molecule has 1 fully saturated rings. The van der Waals surface area contributed by atoms with Crippen molar-refractivity contribution in [2.24, 2.45) is 0 Å². The maximum Gasteiger partial charge on any atom is 0.242 e. The number of hydrogen-bond donors (Lipinski definition) is 1. The molecule has 0 unspecified atom stereocenters. The quantitative estimate of drug-likeness (QED) is 0.652. The zero-order valence-electron chi connectivity index (χ0n) is 19.2. The second kappa shape index (κ2) is 10.3. The molecule has 174 valence electrons. The normalized spacial score (nSPS) is 15.1. The van der Waals surface area contributed by atoms with Crippen molar-refractivity contribution in [3.8, 4) is 5.75 Å². The van der Waals surface area contributed by atoms with Crippen LogP contribution in [0.2, 0.25) is 0 Å². The lowest BCUT2D eigenvalue weighted by Crippen LogP contribution is -2.48. The van der Waals surface area contributed by atoms with Gasteiger partial charge in [-0.15, -0.1) is 0 Å². The smallest absolute Gasteiger partial charge is 0.242 e. The molecule has 8 nitrogen and oxygen atoms in total. The van der Waals surface area contributed by atoms with E-state index in [2.05, 4.69) is 21.2 Å². The van der Waals surface area contributed by atoms with Crippen LogP contribution in [0.15, 0.2) is 47.4 Å². The van der Waals surface area contributed by atoms with Crippen molar-refractivity contribution in [3.63, 3.8) is 0 Å². The minimum atomic E-state index is -3.56. The van der Waals surface area contributed by atoms with Gasteiger partial charge in [-0.25, -0.2) is 12.7 Å². The molecule has 2 aromatic carbocycles. The Morgan fingerprint density at radius 1 is 1.09 bits per heavy atom. The number of piperazine rings is 1. The largest absolute Gasteiger partial charge is 0.492 e. The van der Waals surface area contributed by atoms with Crippen molar-refractivity contribution >= 4 is 27.3 Å². The lowest BCUT2D eigenvalue weighted by molar-refractivity contribution is -0.117. The van der Waals surface area contributed by atoms with Crippen LogP contribution < -0.4 is 15.0 Å². The van der Waals surface area contributed by atoms with Crippen LogP contribution in [0.1, 0.15) is 12.5 Å². The first-order chi connectivity index (χ1) is 15.2. The van der Waals surface area contributed by atoms with E-state index in [1.54, 1.807) is 12.1 Å². The topological polar surface area (TPSA) is 82.2 Å². The number of ether oxygens (including phenoxy) is 1. The molecule has 1 saturated heterocycles. The lowest BCUT2D eigenvalue weighted by atomic mass is 10.2. The fourth-order valence-electron chi connectivity index (χ4n) is 3.64. The Bertz CT molecular complexity index is 1050. The van der Waals surface area contributed by atoms with E-state index in [-0.39, 0.29) is 17.3 Å². The minimum absolute atomic E-state index is 0.157. The Morgan fingerprint density at radius 3 is 2.44 bits per heavy atom. The standard InChI is InChI=1S/C23H32N4O4S/c1-5-31-22-9-7-6-8-21(22)27-14-12-26(13-15-27)17-23(28)24-20-16-19(11-10-18(20)2)32(29,30)25(3)4/h6-11,16H,5,12-15,17H2,1-4H3,(H,24,28). The summed E-state index contributed by atoms with van der Waals surface area (Å²) >= 11 is 0. The van der Waals surface area contributed by atoms with Gasteiger partial charge in [-0.2, -0.15) is 0 Å². The molecule has 0 spiro atoms. The highest BCUT2D eigenvalue weighted by Gasteiger charge is 2.22. The summed E-state index contributed by atoms with van der Waals surface area (Å²) in [6, 6.07) is 12.8. The van der Waals surface area contributed by atoms with Gasteiger partial charge >= 0.3 is 0 Å². The number of amides is 1. The van der Waals surface area contributed by atoms with Crippen molar-refractivity contribution in [1.82, 2.24) is 9.21 Å². The number of nitrogens with zero attached hydrogens (tertiary/aromatic N) is 3. The van der Waals surface area contributed by atoms with Crippen LogP contribution in [-0.4, -0.2) is 77.0 Å². The first-order valence-electron chi connectivity index (χ1n) is 10.7. The van der Waals surface area contributed by atoms with E-state index in [0.29, 0.717) is 12.3 Å². The van der Waals surface area contributed by atoms with Gasteiger partial charge in [0.1, 0.15) is 5.75 Å². The van der Waals surface area contributed by atoms with Crippen LogP contribution in [-0.2, 0) is 14.8 Å². The number of carbonyl (C=O) groups is 1. The third-order valence-electron chi connectivity index (χ3n) is 5.51. The molecule has 0 radical (unpaired) electrons. The van der Waals surface area contributed by atoms with E-state index in [1.165, 1.54) is 20.2 Å². The molecule has 0 aromatic heterocycles. The summed E-state index contributed by atoms with van der Waals surface area (Å²) < 4.78 is 31.7. The number of aryl methyl sites for hydroxylation is 1. The first kappa shape index (κ1) is 24.0. The number of carbonyl (C=O) groups excluding carboxylic acids is 1. The van der Waals surface area contributed by atoms with E-state index < -0.39 is 10.0 Å². The van der Waals surface area contributed by atoms with Crippen molar-refractivity contribution < 1.29 is 17.9 Å². The third kappa shape index (κ3) is 5.59. The Kier molecular flexibility index (Phi) is 7.76. The van der Waals surface area contributed by atoms with E-state index >= 15 is 0 Å². The number of benzene rings is 2. The number of anilines is 2. The Balaban J connectivity index is 1.59. The molecule has 1 N–H and O–H groups in total. The Morgan fingerprint density at radius 2 is 1.78 bits per heavy atom. The second-order valence-electron chi connectivity index (χ2n) is 7.98. The summed E-state index contributed by atoms with van der Waals surface area (Å²) in [6.07, 6.45) is 0. The van der Waals surface area contributed by atoms with Gasteiger partial charge in [0.2, 0.25) is 15.9 Å². The molecular weight excluding hydrogens is 428 g/mol. The molecule has 1 aliphatic rings. The summed E-state index contributed by atoms with van der Waals surface area (Å²) in [4.78, 5) is 17.2. The van der Waals surface area contributed by atoms with Crippen LogP contribution in [0.5, 0.6) is 5.75 Å². The molecule has 2 aromatic rings. The van der Waals surface area contributed by atoms with E-state index in [1.807, 2.05) is 32.0 Å². The molecule has 0 saturated carbocycles. The molecule has 0 atom stereocenters. The summed E-state index contributed by atoms with van der Waals surface area (Å²) in [6.45, 7) is 7.79. The molecule has 1 amide bonds. The van der Waals surface area contributed by atoms with Crippen LogP contribution in [0.3, 0.4) is 0 Å². The summed E-state index contributed by atoms with van der Waals surface area (Å²) in [5.41, 5.74) is 2.41. The molecular formula is C23H32N4O4S. The van der Waals surface area contributed by atoms with Crippen LogP contribution in [0, 0.1) is 6.92 Å².